The predicted molar refractivity (Wildman–Crippen MR) is 115 cm³/mol. The molecule has 0 radical (unpaired) electrons. The molecule has 0 N–H and O–H groups in total. The Morgan fingerprint density at radius 3 is 2.69 bits per heavy atom. The highest BCUT2D eigenvalue weighted by molar-refractivity contribution is 7.98. The Morgan fingerprint density at radius 1 is 1.07 bits per heavy atom. The van der Waals surface area contributed by atoms with Crippen molar-refractivity contribution in [2.24, 2.45) is 0 Å². The molecule has 0 unspecified atom stereocenters. The number of thioether (sulfide) groups is 1. The van der Waals surface area contributed by atoms with Gasteiger partial charge >= 0.3 is 5.63 Å². The van der Waals surface area contributed by atoms with Gasteiger partial charge in [0.2, 0.25) is 0 Å². The molecular formula is C23H21N3O2S. The molecule has 5 nitrogen and oxygen atoms in total. The molecule has 4 aromatic rings. The van der Waals surface area contributed by atoms with Crippen molar-refractivity contribution in [3.05, 3.63) is 81.0 Å². The van der Waals surface area contributed by atoms with Crippen LogP contribution in [-0.4, -0.2) is 14.8 Å². The predicted octanol–water partition coefficient (Wildman–Crippen LogP) is 4.77. The average molecular weight is 404 g/mol. The lowest BCUT2D eigenvalue weighted by Gasteiger charge is -2.12. The van der Waals surface area contributed by atoms with Crippen molar-refractivity contribution in [2.75, 3.05) is 0 Å². The van der Waals surface area contributed by atoms with Crippen LogP contribution in [0.15, 0.2) is 56.8 Å². The minimum Gasteiger partial charge on any atom is -0.423 e. The van der Waals surface area contributed by atoms with Gasteiger partial charge in [-0.3, -0.25) is 4.57 Å². The van der Waals surface area contributed by atoms with Crippen LogP contribution in [0.3, 0.4) is 0 Å². The number of aromatic nitrogens is 3. The quantitative estimate of drug-likeness (QED) is 0.363. The van der Waals surface area contributed by atoms with E-state index in [-0.39, 0.29) is 5.63 Å². The van der Waals surface area contributed by atoms with E-state index in [1.165, 1.54) is 23.1 Å². The van der Waals surface area contributed by atoms with Crippen LogP contribution in [0, 0.1) is 13.8 Å². The first-order chi connectivity index (χ1) is 14.1. The van der Waals surface area contributed by atoms with Gasteiger partial charge in [0.25, 0.3) is 0 Å². The van der Waals surface area contributed by atoms with Gasteiger partial charge in [0, 0.05) is 17.2 Å². The average Bonchev–Trinajstić information content (AvgIpc) is 3.31. The third kappa shape index (κ3) is 3.27. The van der Waals surface area contributed by atoms with Crippen molar-refractivity contribution in [1.29, 1.82) is 0 Å². The van der Waals surface area contributed by atoms with Gasteiger partial charge in [-0.15, -0.1) is 10.2 Å². The third-order valence-corrected chi connectivity index (χ3v) is 6.53. The number of para-hydroxylation sites is 1. The maximum absolute atomic E-state index is 12.1. The van der Waals surface area contributed by atoms with E-state index in [1.807, 2.05) is 25.1 Å². The summed E-state index contributed by atoms with van der Waals surface area (Å²) in [5.41, 5.74) is 6.28. The van der Waals surface area contributed by atoms with Crippen LogP contribution in [-0.2, 0) is 18.6 Å². The summed E-state index contributed by atoms with van der Waals surface area (Å²) in [5.74, 6) is 1.47. The van der Waals surface area contributed by atoms with E-state index in [1.54, 1.807) is 17.8 Å². The fraction of sp³-hybridized carbons (Fsp3) is 0.261. The lowest BCUT2D eigenvalue weighted by molar-refractivity contribution is 0.559. The molecule has 2 aromatic heterocycles. The van der Waals surface area contributed by atoms with E-state index in [0.29, 0.717) is 11.3 Å². The maximum atomic E-state index is 12.1. The first-order valence-electron chi connectivity index (χ1n) is 9.79. The molecule has 146 valence electrons. The summed E-state index contributed by atoms with van der Waals surface area (Å²) in [6, 6.07) is 14.1. The van der Waals surface area contributed by atoms with E-state index in [4.69, 9.17) is 4.42 Å². The topological polar surface area (TPSA) is 60.9 Å². The molecule has 0 aliphatic heterocycles. The summed E-state index contributed by atoms with van der Waals surface area (Å²) in [6.07, 6.45) is 3.32. The van der Waals surface area contributed by atoms with Gasteiger partial charge in [0.1, 0.15) is 11.4 Å². The van der Waals surface area contributed by atoms with Gasteiger partial charge in [0.05, 0.1) is 5.69 Å². The summed E-state index contributed by atoms with van der Waals surface area (Å²) in [7, 11) is 0. The van der Waals surface area contributed by atoms with Gasteiger partial charge < -0.3 is 4.42 Å². The Bertz CT molecular complexity index is 1290. The Balaban J connectivity index is 1.53. The maximum Gasteiger partial charge on any atom is 0.336 e. The number of nitrogens with zero attached hydrogens (tertiary/aromatic N) is 3. The number of hydrogen-bond acceptors (Lipinski definition) is 5. The highest BCUT2D eigenvalue weighted by atomic mass is 32.2. The van der Waals surface area contributed by atoms with Crippen LogP contribution < -0.4 is 5.63 Å². The van der Waals surface area contributed by atoms with Gasteiger partial charge in [0.15, 0.2) is 5.16 Å². The zero-order valence-electron chi connectivity index (χ0n) is 16.4. The Kier molecular flexibility index (Phi) is 4.51. The van der Waals surface area contributed by atoms with E-state index in [2.05, 4.69) is 39.9 Å². The van der Waals surface area contributed by atoms with Crippen molar-refractivity contribution in [3.8, 4) is 5.69 Å². The molecule has 0 saturated heterocycles. The molecule has 0 atom stereocenters. The van der Waals surface area contributed by atoms with Crippen LogP contribution in [0.4, 0.5) is 0 Å². The van der Waals surface area contributed by atoms with E-state index < -0.39 is 0 Å². The molecule has 0 spiro atoms. The summed E-state index contributed by atoms with van der Waals surface area (Å²) in [4.78, 5) is 12.1. The molecule has 6 heteroatoms. The number of benzene rings is 2. The third-order valence-electron chi connectivity index (χ3n) is 5.55. The summed E-state index contributed by atoms with van der Waals surface area (Å²) in [5, 5.41) is 10.5. The SMILES string of the molecule is Cc1ccccc1-n1c(C)nnc1SCc1cc(=O)oc2cc3c(cc12)CCC3. The van der Waals surface area contributed by atoms with Crippen molar-refractivity contribution >= 4 is 22.7 Å². The second-order valence-corrected chi connectivity index (χ2v) is 8.44. The van der Waals surface area contributed by atoms with E-state index in [0.717, 1.165) is 40.5 Å². The second-order valence-electron chi connectivity index (χ2n) is 7.50. The number of rotatable bonds is 4. The molecule has 1 aliphatic rings. The van der Waals surface area contributed by atoms with Crippen LogP contribution in [0.2, 0.25) is 0 Å². The van der Waals surface area contributed by atoms with Gasteiger partial charge in [-0.1, -0.05) is 30.0 Å². The molecule has 1 aliphatic carbocycles. The lowest BCUT2D eigenvalue weighted by Crippen LogP contribution is -2.03. The standard InChI is InChI=1S/C23H21N3O2S/c1-14-6-3-4-9-20(14)26-15(2)24-25-23(26)29-13-18-12-22(27)28-21-11-17-8-5-7-16(17)10-19(18)21/h3-4,6,9-12H,5,7-8,13H2,1-2H3. The van der Waals surface area contributed by atoms with Crippen molar-refractivity contribution in [2.45, 2.75) is 44.0 Å². The Morgan fingerprint density at radius 2 is 1.86 bits per heavy atom. The summed E-state index contributed by atoms with van der Waals surface area (Å²) >= 11 is 1.59. The number of hydrogen-bond donors (Lipinski definition) is 0. The van der Waals surface area contributed by atoms with Crippen molar-refractivity contribution in [1.82, 2.24) is 14.8 Å². The van der Waals surface area contributed by atoms with Crippen molar-refractivity contribution in [3.63, 3.8) is 0 Å². The molecule has 2 aromatic carbocycles. The van der Waals surface area contributed by atoms with E-state index >= 15 is 0 Å². The monoisotopic (exact) mass is 403 g/mol. The van der Waals surface area contributed by atoms with Crippen LogP contribution in [0.25, 0.3) is 16.7 Å². The second kappa shape index (κ2) is 7.19. The molecule has 0 saturated carbocycles. The highest BCUT2D eigenvalue weighted by Gasteiger charge is 2.17. The fourth-order valence-corrected chi connectivity index (χ4v) is 5.07. The van der Waals surface area contributed by atoms with Gasteiger partial charge in [-0.05, 0) is 73.6 Å². The first kappa shape index (κ1) is 18.2. The lowest BCUT2D eigenvalue weighted by atomic mass is 10.0. The summed E-state index contributed by atoms with van der Waals surface area (Å²) < 4.78 is 7.57. The van der Waals surface area contributed by atoms with Crippen LogP contribution in [0.1, 0.15) is 34.5 Å². The minimum absolute atomic E-state index is 0.303. The molecule has 0 amide bonds. The Labute approximate surface area is 172 Å². The van der Waals surface area contributed by atoms with Gasteiger partial charge in [-0.25, -0.2) is 4.79 Å². The van der Waals surface area contributed by atoms with E-state index in [9.17, 15) is 4.79 Å². The first-order valence-corrected chi connectivity index (χ1v) is 10.8. The molecular weight excluding hydrogens is 382 g/mol. The van der Waals surface area contributed by atoms with Crippen molar-refractivity contribution < 1.29 is 4.42 Å². The number of fused-ring (bicyclic) bond motifs is 2. The highest BCUT2D eigenvalue weighted by Crippen LogP contribution is 2.32. The minimum atomic E-state index is -0.303. The molecule has 5 rings (SSSR count). The zero-order valence-corrected chi connectivity index (χ0v) is 17.3. The molecule has 29 heavy (non-hydrogen) atoms. The molecule has 0 bridgehead atoms. The van der Waals surface area contributed by atoms with Crippen LogP contribution >= 0.6 is 11.8 Å². The molecule has 2 heterocycles. The normalized spacial score (nSPS) is 13.2. The Hall–Kier alpha value is -2.86. The number of aryl methyl sites for hydroxylation is 4. The smallest absolute Gasteiger partial charge is 0.336 e. The molecule has 0 fully saturated rings. The van der Waals surface area contributed by atoms with Crippen LogP contribution in [0.5, 0.6) is 0 Å². The fourth-order valence-electron chi connectivity index (χ4n) is 4.08. The van der Waals surface area contributed by atoms with Gasteiger partial charge in [-0.2, -0.15) is 0 Å². The summed E-state index contributed by atoms with van der Waals surface area (Å²) in [6.45, 7) is 4.04. The largest absolute Gasteiger partial charge is 0.423 e. The zero-order chi connectivity index (χ0) is 20.0.